The molecule has 236 valence electrons. The van der Waals surface area contributed by atoms with Gasteiger partial charge >= 0.3 is 0 Å². The van der Waals surface area contributed by atoms with Crippen LogP contribution in [0.1, 0.15) is 111 Å². The topological polar surface area (TPSA) is 15.3 Å². The van der Waals surface area contributed by atoms with Gasteiger partial charge in [-0.15, -0.1) is 0 Å². The second-order valence-corrected chi connectivity index (χ2v) is 18.4. The van der Waals surface area contributed by atoms with E-state index < -0.39 is 0 Å². The van der Waals surface area contributed by atoms with Crippen LogP contribution in [0.2, 0.25) is 0 Å². The van der Waals surface area contributed by atoms with Crippen molar-refractivity contribution < 1.29 is 4.39 Å². The van der Waals surface area contributed by atoms with Crippen LogP contribution in [-0.4, -0.2) is 54.8 Å². The summed E-state index contributed by atoms with van der Waals surface area (Å²) >= 11 is 2.13. The average Bonchev–Trinajstić information content (AvgIpc) is 3.42. The second kappa shape index (κ2) is 11.5. The fourth-order valence-corrected chi connectivity index (χ4v) is 14.2. The summed E-state index contributed by atoms with van der Waals surface area (Å²) in [5, 5.41) is 4.29. The maximum absolute atomic E-state index is 13.4. The number of thioether (sulfide) groups is 1. The van der Waals surface area contributed by atoms with E-state index in [-0.39, 0.29) is 18.0 Å². The molecule has 5 fully saturated rings. The Morgan fingerprint density at radius 1 is 0.881 bits per heavy atom. The number of halogens is 1. The molecule has 4 heteroatoms. The number of hydrogen-bond donors (Lipinski definition) is 1. The van der Waals surface area contributed by atoms with E-state index in [0.717, 1.165) is 48.9 Å². The lowest BCUT2D eigenvalue weighted by atomic mass is 9.37. The Bertz CT molecular complexity index is 1060. The van der Waals surface area contributed by atoms with Gasteiger partial charge < -0.3 is 10.2 Å². The van der Waals surface area contributed by atoms with Crippen molar-refractivity contribution in [1.82, 2.24) is 10.2 Å². The van der Waals surface area contributed by atoms with Crippen molar-refractivity contribution in [2.45, 2.75) is 117 Å². The smallest absolute Gasteiger partial charge is 0.0925 e. The lowest BCUT2D eigenvalue weighted by molar-refractivity contribution is -0.175. The number of nitrogens with zero attached hydrogens (tertiary/aromatic N) is 1. The number of hydrogen-bond acceptors (Lipinski definition) is 3. The highest BCUT2D eigenvalue weighted by atomic mass is 32.2. The maximum atomic E-state index is 13.4. The summed E-state index contributed by atoms with van der Waals surface area (Å²) in [4.78, 5) is 2.71. The lowest BCUT2D eigenvalue weighted by Gasteiger charge is -2.68. The summed E-state index contributed by atoms with van der Waals surface area (Å²) in [6.07, 6.45) is 22.5. The molecule has 0 amide bonds. The van der Waals surface area contributed by atoms with Gasteiger partial charge in [-0.05, 0) is 140 Å². The number of allylic oxidation sites excluding steroid dienone is 4. The van der Waals surface area contributed by atoms with Gasteiger partial charge in [-0.25, -0.2) is 0 Å². The summed E-state index contributed by atoms with van der Waals surface area (Å²) in [5.74, 6) is 7.32. The zero-order valence-electron chi connectivity index (χ0n) is 27.5. The van der Waals surface area contributed by atoms with E-state index in [1.165, 1.54) is 102 Å². The van der Waals surface area contributed by atoms with Crippen LogP contribution in [-0.2, 0) is 0 Å². The van der Waals surface area contributed by atoms with Crippen molar-refractivity contribution in [2.24, 2.45) is 51.8 Å². The predicted octanol–water partition coefficient (Wildman–Crippen LogP) is 9.07. The third-order valence-corrected chi connectivity index (χ3v) is 16.1. The molecule has 0 bridgehead atoms. The minimum absolute atomic E-state index is 0.148. The third-order valence-electron chi connectivity index (χ3n) is 15.2. The first-order valence-corrected chi connectivity index (χ1v) is 19.4. The minimum atomic E-state index is -0.148. The molecule has 9 atom stereocenters. The normalized spacial score (nSPS) is 47.0. The molecule has 2 nitrogen and oxygen atoms in total. The van der Waals surface area contributed by atoms with E-state index in [1.807, 2.05) is 0 Å². The monoisotopic (exact) mass is 596 g/mol. The van der Waals surface area contributed by atoms with Crippen LogP contribution in [0.3, 0.4) is 0 Å². The zero-order valence-corrected chi connectivity index (χ0v) is 28.3. The Balaban J connectivity index is 1.08. The van der Waals surface area contributed by atoms with Gasteiger partial charge in [0.2, 0.25) is 0 Å². The molecule has 7 aliphatic rings. The van der Waals surface area contributed by atoms with Crippen LogP contribution in [0.5, 0.6) is 0 Å². The summed E-state index contributed by atoms with van der Waals surface area (Å²) in [6.45, 7) is 15.6. The van der Waals surface area contributed by atoms with Crippen LogP contribution in [0.4, 0.5) is 4.39 Å². The van der Waals surface area contributed by atoms with Crippen molar-refractivity contribution in [3.63, 3.8) is 0 Å². The van der Waals surface area contributed by atoms with Crippen LogP contribution < -0.4 is 5.32 Å². The van der Waals surface area contributed by atoms with E-state index in [9.17, 15) is 4.39 Å². The van der Waals surface area contributed by atoms with Crippen molar-refractivity contribution in [1.29, 1.82) is 0 Å². The molecule has 1 N–H and O–H groups in total. The van der Waals surface area contributed by atoms with Gasteiger partial charge in [0.05, 0.1) is 6.67 Å². The highest BCUT2D eigenvalue weighted by Crippen LogP contribution is 2.72. The fraction of sp³-hybridized carbons (Fsp3) is 0.895. The van der Waals surface area contributed by atoms with Crippen LogP contribution in [0.15, 0.2) is 23.3 Å². The molecule has 4 saturated carbocycles. The number of fused-ring (bicyclic) bond motifs is 7. The maximum Gasteiger partial charge on any atom is 0.0925 e. The van der Waals surface area contributed by atoms with E-state index in [0.29, 0.717) is 16.4 Å². The van der Waals surface area contributed by atoms with Gasteiger partial charge in [-0.2, -0.15) is 11.8 Å². The zero-order chi connectivity index (χ0) is 29.2. The lowest BCUT2D eigenvalue weighted by Crippen LogP contribution is -2.64. The number of rotatable bonds is 6. The molecule has 7 rings (SSSR count). The molecule has 0 aromatic rings. The highest BCUT2D eigenvalue weighted by molar-refractivity contribution is 7.99. The first-order valence-electron chi connectivity index (χ1n) is 18.2. The van der Waals surface area contributed by atoms with E-state index in [1.54, 1.807) is 11.1 Å². The van der Waals surface area contributed by atoms with E-state index >= 15 is 0 Å². The number of alkyl halides is 1. The molecule has 0 aromatic heterocycles. The molecule has 0 radical (unpaired) electrons. The summed E-state index contributed by atoms with van der Waals surface area (Å²) in [6, 6.07) is 0. The largest absolute Gasteiger partial charge is 0.310 e. The predicted molar refractivity (Wildman–Crippen MR) is 178 cm³/mol. The summed E-state index contributed by atoms with van der Waals surface area (Å²) in [5.41, 5.74) is 4.80. The molecular formula is C38H61FN2S. The molecule has 0 aromatic carbocycles. The van der Waals surface area contributed by atoms with Crippen molar-refractivity contribution in [2.75, 3.05) is 44.4 Å². The summed E-state index contributed by atoms with van der Waals surface area (Å²) < 4.78 is 13.4. The van der Waals surface area contributed by atoms with Crippen LogP contribution >= 0.6 is 11.8 Å². The Kier molecular flexibility index (Phi) is 8.30. The Labute approximate surface area is 261 Å². The summed E-state index contributed by atoms with van der Waals surface area (Å²) in [7, 11) is 0. The molecule has 1 aliphatic heterocycles. The first-order chi connectivity index (χ1) is 20.2. The van der Waals surface area contributed by atoms with Crippen LogP contribution in [0, 0.1) is 51.8 Å². The van der Waals surface area contributed by atoms with Gasteiger partial charge in [0.15, 0.2) is 0 Å². The molecule has 1 heterocycles. The Hall–Kier alpha value is -0.320. The Morgan fingerprint density at radius 3 is 2.48 bits per heavy atom. The van der Waals surface area contributed by atoms with Crippen molar-refractivity contribution >= 4 is 11.8 Å². The molecule has 1 saturated heterocycles. The minimum Gasteiger partial charge on any atom is -0.310 e. The second-order valence-electron chi connectivity index (χ2n) is 17.1. The molecule has 6 aliphatic carbocycles. The van der Waals surface area contributed by atoms with E-state index in [2.05, 4.69) is 61.8 Å². The van der Waals surface area contributed by atoms with Gasteiger partial charge in [-0.1, -0.05) is 46.3 Å². The highest BCUT2D eigenvalue weighted by Gasteiger charge is 2.65. The van der Waals surface area contributed by atoms with Gasteiger partial charge in [-0.3, -0.25) is 4.39 Å². The SMILES string of the molecule is CC1(C)C(C2=CCC(CF)CC2)=CCC2(C)[C@H]1CCC1(C)C3CCC4(NCCN5CCSCC5)CCC[C@@H]4C3CC[C@@H]12. The average molecular weight is 597 g/mol. The van der Waals surface area contributed by atoms with Crippen molar-refractivity contribution in [3.8, 4) is 0 Å². The molecular weight excluding hydrogens is 535 g/mol. The Morgan fingerprint density at radius 2 is 1.71 bits per heavy atom. The van der Waals surface area contributed by atoms with Gasteiger partial charge in [0.25, 0.3) is 0 Å². The quantitative estimate of drug-likeness (QED) is 0.329. The third kappa shape index (κ3) is 4.85. The number of nitrogens with one attached hydrogen (secondary N) is 1. The van der Waals surface area contributed by atoms with Crippen LogP contribution in [0.25, 0.3) is 0 Å². The molecule has 0 spiro atoms. The molecule has 42 heavy (non-hydrogen) atoms. The van der Waals surface area contributed by atoms with Gasteiger partial charge in [0.1, 0.15) is 0 Å². The van der Waals surface area contributed by atoms with Crippen molar-refractivity contribution in [3.05, 3.63) is 23.3 Å². The molecule has 6 unspecified atom stereocenters. The van der Waals surface area contributed by atoms with Gasteiger partial charge in [0, 0.05) is 43.2 Å². The first kappa shape index (κ1) is 30.3. The van der Waals surface area contributed by atoms with E-state index in [4.69, 9.17) is 0 Å². The fourth-order valence-electron chi connectivity index (χ4n) is 13.2. The standard InChI is InChI=1S/C38H61FN2S/c1-35(2)30(28-9-7-27(26-39)8-10-28)13-17-37(4)33(35)15-18-36(3)31-14-19-38(40-20-21-41-22-24-42-25-23-41)16-5-6-32(38)29(31)11-12-34(36)37/h9,13,27,29,31-34,40H,5-8,10-12,14-26H2,1-4H3/t27?,29?,31?,32-,33+,34+,36?,37?,38?/m1/s1.